The standard InChI is InChI=1S/C16H16F2N6OS/c1-8(9-2-3-9)24-13(14(17)18)11(6-21-24)22-15(25)12-7-26-16(23-12)10-4-19-20-5-10/h4-9,14H,2-3H2,1H3,(H,19,20)(H,22,25)/t8-/m1/s1. The molecule has 0 radical (unpaired) electrons. The number of nitrogens with zero attached hydrogens (tertiary/aromatic N) is 4. The van der Waals surface area contributed by atoms with Gasteiger partial charge in [-0.1, -0.05) is 0 Å². The number of aromatic nitrogens is 5. The van der Waals surface area contributed by atoms with Crippen LogP contribution in [-0.2, 0) is 0 Å². The van der Waals surface area contributed by atoms with Crippen molar-refractivity contribution in [1.29, 1.82) is 0 Å². The highest BCUT2D eigenvalue weighted by Crippen LogP contribution is 2.41. The summed E-state index contributed by atoms with van der Waals surface area (Å²) in [6, 6.07) is -0.114. The smallest absolute Gasteiger partial charge is 0.282 e. The van der Waals surface area contributed by atoms with Crippen LogP contribution in [0.15, 0.2) is 24.0 Å². The molecule has 0 saturated heterocycles. The number of H-pyrrole nitrogens is 1. The molecule has 0 bridgehead atoms. The molecule has 3 heterocycles. The fraction of sp³-hybridized carbons (Fsp3) is 0.375. The summed E-state index contributed by atoms with van der Waals surface area (Å²) >= 11 is 1.28. The number of thiazole rings is 1. The van der Waals surface area contributed by atoms with E-state index < -0.39 is 12.3 Å². The molecular weight excluding hydrogens is 362 g/mol. The lowest BCUT2D eigenvalue weighted by atomic mass is 10.2. The van der Waals surface area contributed by atoms with Crippen LogP contribution in [0.4, 0.5) is 14.5 Å². The Morgan fingerprint density at radius 2 is 2.23 bits per heavy atom. The van der Waals surface area contributed by atoms with Gasteiger partial charge in [-0.05, 0) is 25.7 Å². The number of hydrogen-bond donors (Lipinski definition) is 2. The number of alkyl halides is 2. The number of carbonyl (C=O) groups is 1. The normalized spacial score (nSPS) is 15.4. The maximum absolute atomic E-state index is 13.6. The zero-order chi connectivity index (χ0) is 18.3. The van der Waals surface area contributed by atoms with E-state index >= 15 is 0 Å². The van der Waals surface area contributed by atoms with Crippen molar-refractivity contribution in [2.75, 3.05) is 5.32 Å². The zero-order valence-corrected chi connectivity index (χ0v) is 14.6. The Labute approximate surface area is 151 Å². The lowest BCUT2D eigenvalue weighted by Gasteiger charge is -2.15. The Bertz CT molecular complexity index is 915. The van der Waals surface area contributed by atoms with Crippen molar-refractivity contribution in [2.24, 2.45) is 5.92 Å². The van der Waals surface area contributed by atoms with E-state index in [4.69, 9.17) is 0 Å². The molecule has 1 atom stereocenters. The van der Waals surface area contributed by atoms with Crippen LogP contribution in [0.25, 0.3) is 10.6 Å². The molecule has 26 heavy (non-hydrogen) atoms. The number of amides is 1. The molecule has 10 heteroatoms. The van der Waals surface area contributed by atoms with Crippen LogP contribution >= 0.6 is 11.3 Å². The molecule has 1 aliphatic carbocycles. The number of nitrogens with one attached hydrogen (secondary N) is 2. The average molecular weight is 378 g/mol. The van der Waals surface area contributed by atoms with E-state index in [1.54, 1.807) is 17.8 Å². The molecule has 0 aliphatic heterocycles. The minimum atomic E-state index is -2.73. The first kappa shape index (κ1) is 16.8. The van der Waals surface area contributed by atoms with Gasteiger partial charge in [0, 0.05) is 17.1 Å². The fourth-order valence-corrected chi connectivity index (χ4v) is 3.63. The summed E-state index contributed by atoms with van der Waals surface area (Å²) in [6.07, 6.45) is 3.84. The van der Waals surface area contributed by atoms with Crippen molar-refractivity contribution >= 4 is 22.9 Å². The van der Waals surface area contributed by atoms with Crippen molar-refractivity contribution < 1.29 is 13.6 Å². The highest BCUT2D eigenvalue weighted by molar-refractivity contribution is 7.13. The molecule has 0 aromatic carbocycles. The highest BCUT2D eigenvalue weighted by Gasteiger charge is 2.33. The molecule has 0 spiro atoms. The number of rotatable bonds is 6. The molecule has 1 aliphatic rings. The highest BCUT2D eigenvalue weighted by atomic mass is 32.1. The van der Waals surface area contributed by atoms with Crippen molar-refractivity contribution in [3.05, 3.63) is 35.4 Å². The molecule has 1 fully saturated rings. The second kappa shape index (κ2) is 6.60. The summed E-state index contributed by atoms with van der Waals surface area (Å²) < 4.78 is 28.5. The molecule has 1 saturated carbocycles. The van der Waals surface area contributed by atoms with E-state index in [0.29, 0.717) is 10.9 Å². The lowest BCUT2D eigenvalue weighted by Crippen LogP contribution is -2.16. The van der Waals surface area contributed by atoms with Gasteiger partial charge in [0.15, 0.2) is 0 Å². The Morgan fingerprint density at radius 3 is 2.88 bits per heavy atom. The third-order valence-electron chi connectivity index (χ3n) is 4.46. The van der Waals surface area contributed by atoms with Gasteiger partial charge < -0.3 is 5.32 Å². The van der Waals surface area contributed by atoms with Crippen LogP contribution in [0, 0.1) is 5.92 Å². The minimum absolute atomic E-state index is 0.0235. The van der Waals surface area contributed by atoms with Gasteiger partial charge in [0.1, 0.15) is 16.4 Å². The maximum Gasteiger partial charge on any atom is 0.282 e. The predicted molar refractivity (Wildman–Crippen MR) is 92.3 cm³/mol. The first-order chi connectivity index (χ1) is 12.5. The average Bonchev–Trinajstić information content (AvgIpc) is 3.05. The van der Waals surface area contributed by atoms with E-state index in [1.165, 1.54) is 22.2 Å². The fourth-order valence-electron chi connectivity index (χ4n) is 2.85. The van der Waals surface area contributed by atoms with Crippen LogP contribution in [0.1, 0.15) is 48.4 Å². The summed E-state index contributed by atoms with van der Waals surface area (Å²) in [5.41, 5.74) is 0.682. The van der Waals surface area contributed by atoms with E-state index in [9.17, 15) is 13.6 Å². The number of halogens is 2. The lowest BCUT2D eigenvalue weighted by molar-refractivity contribution is 0.102. The van der Waals surface area contributed by atoms with Gasteiger partial charge in [0.05, 0.1) is 24.1 Å². The molecule has 0 unspecified atom stereocenters. The Hall–Kier alpha value is -2.62. The van der Waals surface area contributed by atoms with Gasteiger partial charge >= 0.3 is 0 Å². The molecular formula is C16H16F2N6OS. The summed E-state index contributed by atoms with van der Waals surface area (Å²) in [5.74, 6) is -0.177. The van der Waals surface area contributed by atoms with Crippen LogP contribution in [0.2, 0.25) is 0 Å². The second-order valence-corrected chi connectivity index (χ2v) is 7.10. The molecule has 136 valence electrons. The first-order valence-electron chi connectivity index (χ1n) is 8.16. The van der Waals surface area contributed by atoms with Crippen molar-refractivity contribution in [3.63, 3.8) is 0 Å². The quantitative estimate of drug-likeness (QED) is 0.681. The first-order valence-corrected chi connectivity index (χ1v) is 9.04. The summed E-state index contributed by atoms with van der Waals surface area (Å²) in [5, 5.41) is 15.3. The van der Waals surface area contributed by atoms with Crippen molar-refractivity contribution in [1.82, 2.24) is 25.0 Å². The number of anilines is 1. The predicted octanol–water partition coefficient (Wildman–Crippen LogP) is 3.89. The number of aromatic amines is 1. The third kappa shape index (κ3) is 3.12. The summed E-state index contributed by atoms with van der Waals surface area (Å²) in [6.45, 7) is 1.87. The summed E-state index contributed by atoms with van der Waals surface area (Å²) in [7, 11) is 0. The third-order valence-corrected chi connectivity index (χ3v) is 5.35. The summed E-state index contributed by atoms with van der Waals surface area (Å²) in [4.78, 5) is 16.7. The molecule has 3 aromatic heterocycles. The van der Waals surface area contributed by atoms with E-state index in [-0.39, 0.29) is 23.1 Å². The largest absolute Gasteiger partial charge is 0.317 e. The zero-order valence-electron chi connectivity index (χ0n) is 13.8. The van der Waals surface area contributed by atoms with Crippen molar-refractivity contribution in [3.8, 4) is 10.6 Å². The van der Waals surface area contributed by atoms with Crippen molar-refractivity contribution in [2.45, 2.75) is 32.2 Å². The van der Waals surface area contributed by atoms with Gasteiger partial charge in [-0.3, -0.25) is 14.6 Å². The molecule has 1 amide bonds. The second-order valence-electron chi connectivity index (χ2n) is 6.25. The number of hydrogen-bond acceptors (Lipinski definition) is 5. The maximum atomic E-state index is 13.6. The van der Waals surface area contributed by atoms with Gasteiger partial charge in [-0.25, -0.2) is 13.8 Å². The van der Waals surface area contributed by atoms with Gasteiger partial charge in [0.2, 0.25) is 0 Å². The van der Waals surface area contributed by atoms with E-state index in [1.807, 2.05) is 6.92 Å². The van der Waals surface area contributed by atoms with Gasteiger partial charge in [-0.2, -0.15) is 10.2 Å². The molecule has 4 rings (SSSR count). The minimum Gasteiger partial charge on any atom is -0.317 e. The number of carbonyl (C=O) groups excluding carboxylic acids is 1. The van der Waals surface area contributed by atoms with E-state index in [0.717, 1.165) is 18.4 Å². The Balaban J connectivity index is 1.56. The topological polar surface area (TPSA) is 88.5 Å². The Morgan fingerprint density at radius 1 is 1.42 bits per heavy atom. The molecule has 2 N–H and O–H groups in total. The molecule has 7 nitrogen and oxygen atoms in total. The van der Waals surface area contributed by atoms with Crippen LogP contribution in [0.3, 0.4) is 0 Å². The van der Waals surface area contributed by atoms with E-state index in [2.05, 4.69) is 25.6 Å². The van der Waals surface area contributed by atoms with Gasteiger partial charge in [-0.15, -0.1) is 11.3 Å². The van der Waals surface area contributed by atoms with Crippen LogP contribution < -0.4 is 5.32 Å². The van der Waals surface area contributed by atoms with Crippen LogP contribution in [0.5, 0.6) is 0 Å². The SMILES string of the molecule is C[C@H](C1CC1)n1ncc(NC(=O)c2csc(-c3cn[nH]c3)n2)c1C(F)F. The monoisotopic (exact) mass is 378 g/mol. The molecule has 3 aromatic rings. The van der Waals surface area contributed by atoms with Gasteiger partial charge in [0.25, 0.3) is 12.3 Å². The Kier molecular flexibility index (Phi) is 4.27. The van der Waals surface area contributed by atoms with Crippen LogP contribution in [-0.4, -0.2) is 30.9 Å².